The summed E-state index contributed by atoms with van der Waals surface area (Å²) < 4.78 is 4.78. The Balaban J connectivity index is 2.56. The molecule has 1 heterocycles. The number of rotatable bonds is 3. The summed E-state index contributed by atoms with van der Waals surface area (Å²) in [6, 6.07) is -0.926. The first-order valence-corrected chi connectivity index (χ1v) is 4.95. The molecule has 0 aromatic heterocycles. The summed E-state index contributed by atoms with van der Waals surface area (Å²) in [5.74, 6) is -0.517. The average molecular weight is 202 g/mol. The SMILES string of the molecule is CCOC(=O)C(N)C1(O)CCNCC1. The maximum atomic E-state index is 11.3. The molecule has 0 bridgehead atoms. The first-order chi connectivity index (χ1) is 6.60. The van der Waals surface area contributed by atoms with Crippen molar-refractivity contribution >= 4 is 5.97 Å². The van der Waals surface area contributed by atoms with Crippen LogP contribution in [0.25, 0.3) is 0 Å². The summed E-state index contributed by atoms with van der Waals surface area (Å²) in [7, 11) is 0. The molecule has 14 heavy (non-hydrogen) atoms. The Morgan fingerprint density at radius 3 is 2.71 bits per heavy atom. The van der Waals surface area contributed by atoms with Crippen molar-refractivity contribution in [1.82, 2.24) is 5.32 Å². The van der Waals surface area contributed by atoms with Crippen molar-refractivity contribution in [1.29, 1.82) is 0 Å². The minimum absolute atomic E-state index is 0.293. The predicted molar refractivity (Wildman–Crippen MR) is 51.7 cm³/mol. The van der Waals surface area contributed by atoms with Gasteiger partial charge in [-0.3, -0.25) is 4.79 Å². The largest absolute Gasteiger partial charge is 0.465 e. The molecule has 0 saturated carbocycles. The topological polar surface area (TPSA) is 84.6 Å². The highest BCUT2D eigenvalue weighted by atomic mass is 16.5. The molecule has 1 saturated heterocycles. The number of esters is 1. The summed E-state index contributed by atoms with van der Waals surface area (Å²) in [4.78, 5) is 11.3. The number of aliphatic hydroxyl groups is 1. The summed E-state index contributed by atoms with van der Waals surface area (Å²) in [5.41, 5.74) is 4.56. The number of carbonyl (C=O) groups is 1. The molecular formula is C9H18N2O3. The molecule has 0 spiro atoms. The molecule has 0 aromatic carbocycles. The van der Waals surface area contributed by atoms with Gasteiger partial charge in [0.15, 0.2) is 0 Å². The minimum Gasteiger partial charge on any atom is -0.465 e. The number of nitrogens with one attached hydrogen (secondary N) is 1. The molecule has 1 fully saturated rings. The number of carbonyl (C=O) groups excluding carboxylic acids is 1. The molecule has 1 unspecified atom stereocenters. The number of hydrogen-bond donors (Lipinski definition) is 3. The van der Waals surface area contributed by atoms with Crippen molar-refractivity contribution in [2.45, 2.75) is 31.4 Å². The molecule has 0 aromatic rings. The molecule has 5 heteroatoms. The minimum atomic E-state index is -1.10. The zero-order valence-electron chi connectivity index (χ0n) is 8.45. The number of ether oxygens (including phenoxy) is 1. The summed E-state index contributed by atoms with van der Waals surface area (Å²) >= 11 is 0. The molecule has 1 rings (SSSR count). The Labute approximate surface area is 83.6 Å². The van der Waals surface area contributed by atoms with Crippen LogP contribution in [0.3, 0.4) is 0 Å². The van der Waals surface area contributed by atoms with Gasteiger partial charge in [0, 0.05) is 0 Å². The molecule has 0 aliphatic carbocycles. The van der Waals surface area contributed by atoms with Crippen LogP contribution in [0.4, 0.5) is 0 Å². The summed E-state index contributed by atoms with van der Waals surface area (Å²) in [6.07, 6.45) is 0.986. The lowest BCUT2D eigenvalue weighted by Crippen LogP contribution is -2.57. The third-order valence-corrected chi connectivity index (χ3v) is 2.59. The van der Waals surface area contributed by atoms with Crippen LogP contribution in [0.2, 0.25) is 0 Å². The first kappa shape index (κ1) is 11.4. The van der Waals surface area contributed by atoms with Gasteiger partial charge in [-0.05, 0) is 32.9 Å². The first-order valence-electron chi connectivity index (χ1n) is 4.95. The Morgan fingerprint density at radius 2 is 2.21 bits per heavy atom. The fourth-order valence-electron chi connectivity index (χ4n) is 1.62. The molecule has 0 radical (unpaired) electrons. The number of piperidine rings is 1. The van der Waals surface area contributed by atoms with E-state index in [9.17, 15) is 9.90 Å². The lowest BCUT2D eigenvalue weighted by molar-refractivity contribution is -0.152. The Hall–Kier alpha value is -0.650. The van der Waals surface area contributed by atoms with E-state index >= 15 is 0 Å². The van der Waals surface area contributed by atoms with Gasteiger partial charge in [0.2, 0.25) is 0 Å². The van der Waals surface area contributed by atoms with Gasteiger partial charge in [0.05, 0.1) is 12.2 Å². The second-order valence-corrected chi connectivity index (χ2v) is 3.58. The highest BCUT2D eigenvalue weighted by Crippen LogP contribution is 2.21. The van der Waals surface area contributed by atoms with E-state index in [2.05, 4.69) is 5.32 Å². The standard InChI is InChI=1S/C9H18N2O3/c1-2-14-8(12)7(10)9(13)3-5-11-6-4-9/h7,11,13H,2-6,10H2,1H3. The second-order valence-electron chi connectivity index (χ2n) is 3.58. The van der Waals surface area contributed by atoms with Crippen molar-refractivity contribution in [3.8, 4) is 0 Å². The van der Waals surface area contributed by atoms with Gasteiger partial charge >= 0.3 is 5.97 Å². The summed E-state index contributed by atoms with van der Waals surface area (Å²) in [5, 5.41) is 13.2. The van der Waals surface area contributed by atoms with Crippen LogP contribution in [0.15, 0.2) is 0 Å². The molecular weight excluding hydrogens is 184 g/mol. The van der Waals surface area contributed by atoms with Crippen LogP contribution in [-0.4, -0.2) is 42.4 Å². The normalized spacial score (nSPS) is 22.8. The van der Waals surface area contributed by atoms with Crippen molar-refractivity contribution in [3.63, 3.8) is 0 Å². The second kappa shape index (κ2) is 4.72. The van der Waals surface area contributed by atoms with E-state index in [4.69, 9.17) is 10.5 Å². The van der Waals surface area contributed by atoms with Crippen LogP contribution >= 0.6 is 0 Å². The van der Waals surface area contributed by atoms with Crippen molar-refractivity contribution < 1.29 is 14.6 Å². The zero-order chi connectivity index (χ0) is 10.6. The highest BCUT2D eigenvalue weighted by molar-refractivity contribution is 5.77. The van der Waals surface area contributed by atoms with Gasteiger partial charge in [-0.15, -0.1) is 0 Å². The molecule has 4 N–H and O–H groups in total. The van der Waals surface area contributed by atoms with E-state index in [1.165, 1.54) is 0 Å². The van der Waals surface area contributed by atoms with Gasteiger partial charge in [-0.2, -0.15) is 0 Å². The van der Waals surface area contributed by atoms with Gasteiger partial charge in [0.25, 0.3) is 0 Å². The average Bonchev–Trinajstić information content (AvgIpc) is 2.18. The van der Waals surface area contributed by atoms with Crippen LogP contribution in [0, 0.1) is 0 Å². The van der Waals surface area contributed by atoms with Crippen LogP contribution in [-0.2, 0) is 9.53 Å². The van der Waals surface area contributed by atoms with E-state index in [1.807, 2.05) is 0 Å². The van der Waals surface area contributed by atoms with Crippen molar-refractivity contribution in [2.24, 2.45) is 5.73 Å². The van der Waals surface area contributed by atoms with Crippen molar-refractivity contribution in [2.75, 3.05) is 19.7 Å². The molecule has 1 aliphatic heterocycles. The zero-order valence-corrected chi connectivity index (χ0v) is 8.45. The van der Waals surface area contributed by atoms with Gasteiger partial charge < -0.3 is 20.9 Å². The third kappa shape index (κ3) is 2.43. The molecule has 0 amide bonds. The molecule has 5 nitrogen and oxygen atoms in total. The monoisotopic (exact) mass is 202 g/mol. The Bertz CT molecular complexity index is 202. The Kier molecular flexibility index (Phi) is 3.86. The van der Waals surface area contributed by atoms with Gasteiger partial charge in [-0.1, -0.05) is 0 Å². The van der Waals surface area contributed by atoms with Crippen LogP contribution < -0.4 is 11.1 Å². The smallest absolute Gasteiger partial charge is 0.325 e. The lowest BCUT2D eigenvalue weighted by atomic mass is 9.85. The third-order valence-electron chi connectivity index (χ3n) is 2.59. The van der Waals surface area contributed by atoms with E-state index in [-0.39, 0.29) is 0 Å². The number of hydrogen-bond acceptors (Lipinski definition) is 5. The van der Waals surface area contributed by atoms with E-state index in [0.717, 1.165) is 0 Å². The van der Waals surface area contributed by atoms with E-state index < -0.39 is 17.6 Å². The van der Waals surface area contributed by atoms with E-state index in [1.54, 1.807) is 6.92 Å². The molecule has 82 valence electrons. The molecule has 1 atom stereocenters. The maximum Gasteiger partial charge on any atom is 0.325 e. The molecule has 1 aliphatic rings. The highest BCUT2D eigenvalue weighted by Gasteiger charge is 2.40. The lowest BCUT2D eigenvalue weighted by Gasteiger charge is -2.35. The number of nitrogens with two attached hydrogens (primary N) is 1. The van der Waals surface area contributed by atoms with Crippen LogP contribution in [0.1, 0.15) is 19.8 Å². The summed E-state index contributed by atoms with van der Waals surface area (Å²) in [6.45, 7) is 3.38. The predicted octanol–water partition coefficient (Wildman–Crippen LogP) is -1.01. The van der Waals surface area contributed by atoms with Gasteiger partial charge in [-0.25, -0.2) is 0 Å². The quantitative estimate of drug-likeness (QED) is 0.511. The van der Waals surface area contributed by atoms with Crippen LogP contribution in [0.5, 0.6) is 0 Å². The fraction of sp³-hybridized carbons (Fsp3) is 0.889. The van der Waals surface area contributed by atoms with E-state index in [0.29, 0.717) is 32.5 Å². The Morgan fingerprint density at radius 1 is 1.64 bits per heavy atom. The maximum absolute atomic E-state index is 11.3. The van der Waals surface area contributed by atoms with Crippen molar-refractivity contribution in [3.05, 3.63) is 0 Å². The fourth-order valence-corrected chi connectivity index (χ4v) is 1.62. The van der Waals surface area contributed by atoms with Gasteiger partial charge in [0.1, 0.15) is 6.04 Å².